The Morgan fingerprint density at radius 1 is 1.12 bits per heavy atom. The second kappa shape index (κ2) is 9.50. The minimum absolute atomic E-state index is 0.0897. The Morgan fingerprint density at radius 3 is 2.48 bits per heavy atom. The van der Waals surface area contributed by atoms with Crippen molar-refractivity contribution in [2.75, 3.05) is 50.2 Å². The fourth-order valence-corrected chi connectivity index (χ4v) is 5.43. The molecule has 2 aliphatic heterocycles. The summed E-state index contributed by atoms with van der Waals surface area (Å²) in [5.74, 6) is -0.390. The van der Waals surface area contributed by atoms with Crippen LogP contribution in [0.5, 0.6) is 5.75 Å². The molecule has 0 radical (unpaired) electrons. The topological polar surface area (TPSA) is 105 Å². The van der Waals surface area contributed by atoms with Gasteiger partial charge >= 0.3 is 0 Å². The van der Waals surface area contributed by atoms with E-state index in [1.807, 2.05) is 19.1 Å². The van der Waals surface area contributed by atoms with Gasteiger partial charge < -0.3 is 19.7 Å². The number of nitrogens with zero attached hydrogens (tertiary/aromatic N) is 2. The molecule has 0 aromatic heterocycles. The van der Waals surface area contributed by atoms with Crippen molar-refractivity contribution in [2.24, 2.45) is 5.92 Å². The largest absolute Gasteiger partial charge is 0.495 e. The van der Waals surface area contributed by atoms with Crippen molar-refractivity contribution in [3.63, 3.8) is 0 Å². The third-order valence-electron chi connectivity index (χ3n) is 5.85. The normalized spacial score (nSPS) is 19.5. The molecule has 1 atom stereocenters. The van der Waals surface area contributed by atoms with E-state index in [0.717, 1.165) is 5.56 Å². The molecule has 33 heavy (non-hydrogen) atoms. The Labute approximate surface area is 193 Å². The highest BCUT2D eigenvalue weighted by Gasteiger charge is 2.36. The molecule has 9 nitrogen and oxygen atoms in total. The summed E-state index contributed by atoms with van der Waals surface area (Å²) >= 11 is 0. The number of ether oxygens (including phenoxy) is 2. The number of morpholine rings is 1. The van der Waals surface area contributed by atoms with Crippen molar-refractivity contribution in [3.8, 4) is 5.75 Å². The highest BCUT2D eigenvalue weighted by atomic mass is 32.2. The van der Waals surface area contributed by atoms with E-state index in [4.69, 9.17) is 9.47 Å². The fraction of sp³-hybridized carbons (Fsp3) is 0.391. The molecule has 2 aromatic rings. The number of hydrogen-bond donors (Lipinski definition) is 1. The summed E-state index contributed by atoms with van der Waals surface area (Å²) in [4.78, 5) is 27.2. The number of anilines is 2. The zero-order valence-corrected chi connectivity index (χ0v) is 19.4. The van der Waals surface area contributed by atoms with Crippen LogP contribution in [0.25, 0.3) is 0 Å². The van der Waals surface area contributed by atoms with E-state index in [1.54, 1.807) is 30.2 Å². The summed E-state index contributed by atoms with van der Waals surface area (Å²) in [6.07, 6.45) is 0.0897. The van der Waals surface area contributed by atoms with Gasteiger partial charge in [-0.15, -0.1) is 0 Å². The van der Waals surface area contributed by atoms with E-state index in [2.05, 4.69) is 5.32 Å². The third kappa shape index (κ3) is 4.87. The van der Waals surface area contributed by atoms with Gasteiger partial charge in [0.05, 0.1) is 36.8 Å². The van der Waals surface area contributed by atoms with E-state index < -0.39 is 15.9 Å². The van der Waals surface area contributed by atoms with Gasteiger partial charge in [-0.2, -0.15) is 4.31 Å². The Balaban J connectivity index is 1.43. The van der Waals surface area contributed by atoms with Crippen molar-refractivity contribution in [2.45, 2.75) is 18.2 Å². The molecule has 0 aliphatic carbocycles. The van der Waals surface area contributed by atoms with Gasteiger partial charge in [0.15, 0.2) is 0 Å². The van der Waals surface area contributed by atoms with Gasteiger partial charge in [-0.3, -0.25) is 9.59 Å². The minimum atomic E-state index is -3.60. The highest BCUT2D eigenvalue weighted by molar-refractivity contribution is 7.89. The third-order valence-corrected chi connectivity index (χ3v) is 7.76. The molecule has 2 saturated heterocycles. The van der Waals surface area contributed by atoms with Crippen LogP contribution < -0.4 is 15.0 Å². The first kappa shape index (κ1) is 23.2. The lowest BCUT2D eigenvalue weighted by atomic mass is 10.1. The van der Waals surface area contributed by atoms with Crippen LogP contribution in [-0.4, -0.2) is 64.5 Å². The molecule has 1 N–H and O–H groups in total. The molecule has 1 unspecified atom stereocenters. The monoisotopic (exact) mass is 473 g/mol. The summed E-state index contributed by atoms with van der Waals surface area (Å²) in [7, 11) is -2.06. The number of rotatable bonds is 6. The second-order valence-electron chi connectivity index (χ2n) is 8.11. The number of benzene rings is 2. The van der Waals surface area contributed by atoms with Crippen LogP contribution in [0, 0.1) is 12.8 Å². The molecule has 2 aromatic carbocycles. The quantitative estimate of drug-likeness (QED) is 0.688. The molecule has 2 heterocycles. The maximum atomic E-state index is 12.8. The summed E-state index contributed by atoms with van der Waals surface area (Å²) in [6, 6.07) is 11.6. The van der Waals surface area contributed by atoms with Crippen LogP contribution in [0.1, 0.15) is 12.0 Å². The summed E-state index contributed by atoms with van der Waals surface area (Å²) in [5.41, 5.74) is 2.11. The average Bonchev–Trinajstić information content (AvgIpc) is 3.21. The first-order valence-corrected chi connectivity index (χ1v) is 12.2. The van der Waals surface area contributed by atoms with Crippen LogP contribution in [-0.2, 0) is 24.3 Å². The molecule has 0 bridgehead atoms. The summed E-state index contributed by atoms with van der Waals surface area (Å²) in [6.45, 7) is 3.56. The molecular weight excluding hydrogens is 446 g/mol. The first-order chi connectivity index (χ1) is 15.8. The van der Waals surface area contributed by atoms with Crippen molar-refractivity contribution >= 4 is 33.2 Å². The Kier molecular flexibility index (Phi) is 6.68. The predicted molar refractivity (Wildman–Crippen MR) is 123 cm³/mol. The average molecular weight is 474 g/mol. The zero-order valence-electron chi connectivity index (χ0n) is 18.6. The zero-order chi connectivity index (χ0) is 23.6. The van der Waals surface area contributed by atoms with Crippen molar-refractivity contribution in [1.29, 1.82) is 0 Å². The molecule has 2 fully saturated rings. The summed E-state index contributed by atoms with van der Waals surface area (Å²) < 4.78 is 37.5. The van der Waals surface area contributed by atoms with Crippen LogP contribution in [0.3, 0.4) is 0 Å². The Morgan fingerprint density at radius 2 is 1.82 bits per heavy atom. The van der Waals surface area contributed by atoms with E-state index in [9.17, 15) is 18.0 Å². The van der Waals surface area contributed by atoms with Gasteiger partial charge in [-0.1, -0.05) is 6.07 Å². The Hall–Kier alpha value is -2.95. The lowest BCUT2D eigenvalue weighted by Gasteiger charge is -2.26. The molecule has 4 rings (SSSR count). The maximum absolute atomic E-state index is 12.8. The second-order valence-corrected chi connectivity index (χ2v) is 10.0. The van der Waals surface area contributed by atoms with Crippen LogP contribution in [0.2, 0.25) is 0 Å². The smallest absolute Gasteiger partial charge is 0.243 e. The number of carbonyl (C=O) groups excluding carboxylic acids is 2. The molecule has 0 spiro atoms. The standard InChI is InChI=1S/C23H27N3O6S/c1-16-3-8-21(31-2)20(13-16)26-15-17(14-22(26)27)23(28)24-18-4-6-19(7-5-18)33(29,30)25-9-11-32-12-10-25/h3-8,13,17H,9-12,14-15H2,1-2H3,(H,24,28). The van der Waals surface area contributed by atoms with E-state index in [1.165, 1.54) is 16.4 Å². The van der Waals surface area contributed by atoms with Crippen LogP contribution in [0.4, 0.5) is 11.4 Å². The number of sulfonamides is 1. The predicted octanol–water partition coefficient (Wildman–Crippen LogP) is 2.02. The van der Waals surface area contributed by atoms with Gasteiger partial charge in [0.25, 0.3) is 0 Å². The minimum Gasteiger partial charge on any atom is -0.495 e. The van der Waals surface area contributed by atoms with Crippen LogP contribution in [0.15, 0.2) is 47.4 Å². The molecule has 10 heteroatoms. The van der Waals surface area contributed by atoms with Crippen molar-refractivity contribution in [1.82, 2.24) is 4.31 Å². The lowest BCUT2D eigenvalue weighted by Crippen LogP contribution is -2.40. The van der Waals surface area contributed by atoms with Gasteiger partial charge in [-0.25, -0.2) is 8.42 Å². The first-order valence-electron chi connectivity index (χ1n) is 10.7. The molecule has 0 saturated carbocycles. The molecule has 2 aliphatic rings. The maximum Gasteiger partial charge on any atom is 0.243 e. The molecule has 176 valence electrons. The summed E-state index contributed by atoms with van der Waals surface area (Å²) in [5, 5.41) is 2.80. The van der Waals surface area contributed by atoms with E-state index >= 15 is 0 Å². The van der Waals surface area contributed by atoms with Crippen molar-refractivity contribution in [3.05, 3.63) is 48.0 Å². The number of aryl methyl sites for hydroxylation is 1. The molecular formula is C23H27N3O6S. The molecule has 2 amide bonds. The lowest BCUT2D eigenvalue weighted by molar-refractivity contribution is -0.122. The van der Waals surface area contributed by atoms with Crippen LogP contribution >= 0.6 is 0 Å². The SMILES string of the molecule is COc1ccc(C)cc1N1CC(C(=O)Nc2ccc(S(=O)(=O)N3CCOCC3)cc2)CC1=O. The number of nitrogens with one attached hydrogen (secondary N) is 1. The Bertz CT molecular complexity index is 1140. The van der Waals surface area contributed by atoms with E-state index in [0.29, 0.717) is 43.4 Å². The number of hydrogen-bond acceptors (Lipinski definition) is 6. The number of amides is 2. The van der Waals surface area contributed by atoms with Gasteiger partial charge in [0.1, 0.15) is 5.75 Å². The van der Waals surface area contributed by atoms with Gasteiger partial charge in [0.2, 0.25) is 21.8 Å². The fourth-order valence-electron chi connectivity index (χ4n) is 4.02. The van der Waals surface area contributed by atoms with Crippen molar-refractivity contribution < 1.29 is 27.5 Å². The number of carbonyl (C=O) groups is 2. The van der Waals surface area contributed by atoms with E-state index in [-0.39, 0.29) is 29.7 Å². The highest BCUT2D eigenvalue weighted by Crippen LogP contribution is 2.34. The number of methoxy groups -OCH3 is 1. The van der Waals surface area contributed by atoms with Gasteiger partial charge in [0, 0.05) is 31.7 Å². The van der Waals surface area contributed by atoms with Gasteiger partial charge in [-0.05, 0) is 48.9 Å².